The van der Waals surface area contributed by atoms with Crippen molar-refractivity contribution in [2.75, 3.05) is 6.54 Å². The van der Waals surface area contributed by atoms with Gasteiger partial charge in [-0.25, -0.2) is 0 Å². The van der Waals surface area contributed by atoms with E-state index >= 15 is 0 Å². The molecule has 0 heterocycles. The lowest BCUT2D eigenvalue weighted by Gasteiger charge is -2.11. The third-order valence-corrected chi connectivity index (χ3v) is 2.48. The molecule has 0 aliphatic carbocycles. The van der Waals surface area contributed by atoms with Crippen LogP contribution in [0.1, 0.15) is 33.6 Å². The van der Waals surface area contributed by atoms with Gasteiger partial charge in [-0.3, -0.25) is 9.79 Å². The van der Waals surface area contributed by atoms with Crippen molar-refractivity contribution in [2.45, 2.75) is 39.7 Å². The molecule has 0 rings (SSSR count). The summed E-state index contributed by atoms with van der Waals surface area (Å²) in [6.45, 7) is 6.06. The minimum absolute atomic E-state index is 0.570. The smallest absolute Gasteiger partial charge is 0.324 e. The lowest BCUT2D eigenvalue weighted by atomic mass is 10.0. The number of nitrogens with two attached hydrogens (primary N) is 2. The quantitative estimate of drug-likeness (QED) is 0.271. The van der Waals surface area contributed by atoms with Gasteiger partial charge in [-0.2, -0.15) is 0 Å². The number of amidine groups is 1. The third kappa shape index (κ3) is 5.50. The van der Waals surface area contributed by atoms with Crippen molar-refractivity contribution in [3.63, 3.8) is 0 Å². The molecule has 5 nitrogen and oxygen atoms in total. The number of nitrogens with zero attached hydrogens (tertiary/aromatic N) is 1. The Bertz CT molecular complexity index is 304. The molecule has 0 aliphatic heterocycles. The van der Waals surface area contributed by atoms with Crippen molar-refractivity contribution in [1.82, 2.24) is 0 Å². The van der Waals surface area contributed by atoms with Gasteiger partial charge in [0, 0.05) is 6.54 Å². The van der Waals surface area contributed by atoms with E-state index in [0.717, 1.165) is 24.0 Å². The highest BCUT2D eigenvalue weighted by Crippen LogP contribution is 2.13. The summed E-state index contributed by atoms with van der Waals surface area (Å²) in [5.41, 5.74) is 12.6. The molecule has 5 heteroatoms. The average molecular weight is 227 g/mol. The second kappa shape index (κ2) is 7.00. The normalized spacial score (nSPS) is 15.6. The fourth-order valence-corrected chi connectivity index (χ4v) is 1.25. The molecule has 0 saturated carbocycles. The van der Waals surface area contributed by atoms with Crippen LogP contribution in [0, 0.1) is 0 Å². The molecule has 0 aromatic heterocycles. The molecule has 0 aliphatic rings. The minimum Gasteiger partial charge on any atom is -0.480 e. The van der Waals surface area contributed by atoms with E-state index < -0.39 is 12.0 Å². The first kappa shape index (κ1) is 14.6. The monoisotopic (exact) mass is 227 g/mol. The summed E-state index contributed by atoms with van der Waals surface area (Å²) in [7, 11) is 0. The van der Waals surface area contributed by atoms with Gasteiger partial charge in [0.25, 0.3) is 0 Å². The first-order chi connectivity index (χ1) is 7.36. The number of rotatable bonds is 6. The summed E-state index contributed by atoms with van der Waals surface area (Å²) < 4.78 is 0. The zero-order valence-corrected chi connectivity index (χ0v) is 10.2. The Morgan fingerprint density at radius 2 is 1.94 bits per heavy atom. The molecule has 0 bridgehead atoms. The largest absolute Gasteiger partial charge is 0.480 e. The number of allylic oxidation sites excluding steroid dienone is 1. The summed E-state index contributed by atoms with van der Waals surface area (Å²) >= 11 is 0. The molecular weight excluding hydrogens is 206 g/mol. The van der Waals surface area contributed by atoms with Gasteiger partial charge in [0.2, 0.25) is 0 Å². The number of carboxylic acids is 1. The predicted octanol–water partition coefficient (Wildman–Crippen LogP) is 0.892. The van der Waals surface area contributed by atoms with E-state index in [1.165, 1.54) is 0 Å². The van der Waals surface area contributed by atoms with Crippen LogP contribution in [-0.4, -0.2) is 29.5 Å². The van der Waals surface area contributed by atoms with E-state index in [1.54, 1.807) is 13.8 Å². The van der Waals surface area contributed by atoms with Gasteiger partial charge in [-0.15, -0.1) is 0 Å². The van der Waals surface area contributed by atoms with Gasteiger partial charge in [0.15, 0.2) is 0 Å². The molecule has 0 radical (unpaired) electrons. The molecule has 0 fully saturated rings. The van der Waals surface area contributed by atoms with Crippen LogP contribution in [-0.2, 0) is 4.79 Å². The highest BCUT2D eigenvalue weighted by atomic mass is 16.4. The molecule has 0 aromatic rings. The summed E-state index contributed by atoms with van der Waals surface area (Å²) in [5.74, 6) is -0.423. The maximum Gasteiger partial charge on any atom is 0.324 e. The zero-order valence-electron chi connectivity index (χ0n) is 10.2. The van der Waals surface area contributed by atoms with Crippen molar-refractivity contribution in [1.29, 1.82) is 0 Å². The first-order valence-corrected chi connectivity index (χ1v) is 5.27. The zero-order chi connectivity index (χ0) is 12.7. The molecule has 0 aromatic carbocycles. The van der Waals surface area contributed by atoms with Crippen LogP contribution in [0.25, 0.3) is 0 Å². The number of carbonyl (C=O) groups is 1. The van der Waals surface area contributed by atoms with Gasteiger partial charge in [-0.1, -0.05) is 5.57 Å². The second-order valence-electron chi connectivity index (χ2n) is 3.91. The van der Waals surface area contributed by atoms with E-state index in [4.69, 9.17) is 16.6 Å². The molecule has 0 amide bonds. The van der Waals surface area contributed by atoms with Gasteiger partial charge in [0.05, 0.1) is 5.84 Å². The molecule has 16 heavy (non-hydrogen) atoms. The Morgan fingerprint density at radius 3 is 2.38 bits per heavy atom. The maximum absolute atomic E-state index is 10.7. The summed E-state index contributed by atoms with van der Waals surface area (Å²) in [4.78, 5) is 14.7. The number of carboxylic acid groups (broad SMARTS) is 1. The van der Waals surface area contributed by atoms with E-state index in [-0.39, 0.29) is 0 Å². The van der Waals surface area contributed by atoms with E-state index in [9.17, 15) is 4.79 Å². The molecule has 0 spiro atoms. The Kier molecular flexibility index (Phi) is 6.41. The molecular formula is C11H21N3O2. The van der Waals surface area contributed by atoms with Crippen LogP contribution in [0.3, 0.4) is 0 Å². The molecule has 92 valence electrons. The average Bonchev–Trinajstić information content (AvgIpc) is 2.21. The Labute approximate surface area is 96.2 Å². The van der Waals surface area contributed by atoms with Crippen LogP contribution in [0.4, 0.5) is 0 Å². The molecule has 1 atom stereocenters. The van der Waals surface area contributed by atoms with Gasteiger partial charge >= 0.3 is 5.97 Å². The highest BCUT2D eigenvalue weighted by Gasteiger charge is 2.14. The van der Waals surface area contributed by atoms with E-state index in [0.29, 0.717) is 12.4 Å². The topological polar surface area (TPSA) is 102 Å². The fourth-order valence-electron chi connectivity index (χ4n) is 1.25. The summed E-state index contributed by atoms with van der Waals surface area (Å²) in [6, 6.07) is -0.903. The Balaban J connectivity index is 4.22. The van der Waals surface area contributed by atoms with E-state index in [1.807, 2.05) is 6.92 Å². The summed E-state index contributed by atoms with van der Waals surface area (Å²) in [5, 5.41) is 8.75. The summed E-state index contributed by atoms with van der Waals surface area (Å²) in [6.07, 6.45) is 1.65. The van der Waals surface area contributed by atoms with Crippen LogP contribution in [0.15, 0.2) is 16.1 Å². The predicted molar refractivity (Wildman–Crippen MR) is 65.4 cm³/mol. The van der Waals surface area contributed by atoms with Gasteiger partial charge in [0.1, 0.15) is 6.04 Å². The van der Waals surface area contributed by atoms with Crippen LogP contribution >= 0.6 is 0 Å². The minimum atomic E-state index is -0.993. The van der Waals surface area contributed by atoms with Crippen LogP contribution in [0.5, 0.6) is 0 Å². The lowest BCUT2D eigenvalue weighted by Crippen LogP contribution is -2.31. The van der Waals surface area contributed by atoms with E-state index in [2.05, 4.69) is 4.99 Å². The number of aliphatic carboxylic acids is 1. The third-order valence-electron chi connectivity index (χ3n) is 2.48. The van der Waals surface area contributed by atoms with Crippen LogP contribution in [0.2, 0.25) is 0 Å². The Morgan fingerprint density at radius 1 is 1.38 bits per heavy atom. The SMILES string of the molecule is CC(N)=NCCCC(C)=C(C)C(N)C(=O)O. The second-order valence-corrected chi connectivity index (χ2v) is 3.91. The Hall–Kier alpha value is -1.36. The molecule has 0 saturated heterocycles. The first-order valence-electron chi connectivity index (χ1n) is 5.27. The highest BCUT2D eigenvalue weighted by molar-refractivity contribution is 5.77. The van der Waals surface area contributed by atoms with Crippen molar-refractivity contribution in [2.24, 2.45) is 16.5 Å². The number of hydrogen-bond donors (Lipinski definition) is 3. The lowest BCUT2D eigenvalue weighted by molar-refractivity contribution is -0.137. The van der Waals surface area contributed by atoms with Crippen molar-refractivity contribution in [3.8, 4) is 0 Å². The maximum atomic E-state index is 10.7. The fraction of sp³-hybridized carbons (Fsp3) is 0.636. The van der Waals surface area contributed by atoms with Gasteiger partial charge < -0.3 is 16.6 Å². The van der Waals surface area contributed by atoms with Crippen molar-refractivity contribution in [3.05, 3.63) is 11.1 Å². The molecule has 1 unspecified atom stereocenters. The number of aliphatic imine (C=N–C) groups is 1. The van der Waals surface area contributed by atoms with Gasteiger partial charge in [-0.05, 0) is 39.2 Å². The van der Waals surface area contributed by atoms with Crippen LogP contribution < -0.4 is 11.5 Å². The van der Waals surface area contributed by atoms with Crippen molar-refractivity contribution < 1.29 is 9.90 Å². The standard InChI is InChI=1S/C11H21N3O2/c1-7(5-4-6-14-9(3)12)8(2)10(13)11(15)16/h10H,4-6,13H2,1-3H3,(H2,12,14)(H,15,16). The van der Waals surface area contributed by atoms with Crippen molar-refractivity contribution >= 4 is 11.8 Å². The number of hydrogen-bond acceptors (Lipinski definition) is 3. The molecule has 5 N–H and O–H groups in total.